The molecule has 144 valence electrons. The van der Waals surface area contributed by atoms with Gasteiger partial charge in [0.25, 0.3) is 0 Å². The van der Waals surface area contributed by atoms with Crippen LogP contribution in [0.3, 0.4) is 0 Å². The number of benzene rings is 2. The predicted octanol–water partition coefficient (Wildman–Crippen LogP) is 4.10. The third-order valence-corrected chi connectivity index (χ3v) is 6.14. The molecule has 0 aliphatic carbocycles. The second-order valence-electron chi connectivity index (χ2n) is 8.07. The standard InChI is InChI=1S/C21H21BO5S/c1-20(2)21(3,4)27-22(26-20)13(11-28)10-12-8-9-16-17-14(12)6-5-7-15(17)18(23)25-19(16)24/h5-10,28H,11H2,1-4H3. The van der Waals surface area contributed by atoms with Crippen LogP contribution in [0.2, 0.25) is 0 Å². The molecule has 0 radical (unpaired) electrons. The quantitative estimate of drug-likeness (QED) is 0.367. The first kappa shape index (κ1) is 19.2. The summed E-state index contributed by atoms with van der Waals surface area (Å²) in [7, 11) is -0.514. The zero-order valence-electron chi connectivity index (χ0n) is 16.2. The summed E-state index contributed by atoms with van der Waals surface area (Å²) in [6.45, 7) is 8.01. The second kappa shape index (κ2) is 6.47. The van der Waals surface area contributed by atoms with Gasteiger partial charge in [-0.25, -0.2) is 9.59 Å². The zero-order valence-corrected chi connectivity index (χ0v) is 17.1. The average molecular weight is 396 g/mol. The van der Waals surface area contributed by atoms with E-state index in [1.54, 1.807) is 18.2 Å². The van der Waals surface area contributed by atoms with Crippen LogP contribution in [0.5, 0.6) is 0 Å². The average Bonchev–Trinajstić information content (AvgIpc) is 2.85. The van der Waals surface area contributed by atoms with E-state index in [4.69, 9.17) is 14.0 Å². The van der Waals surface area contributed by atoms with E-state index in [-0.39, 0.29) is 0 Å². The molecule has 7 heteroatoms. The molecule has 1 fully saturated rings. The molecule has 0 bridgehead atoms. The van der Waals surface area contributed by atoms with Crippen molar-refractivity contribution >= 4 is 48.5 Å². The van der Waals surface area contributed by atoms with Crippen LogP contribution in [0.4, 0.5) is 0 Å². The van der Waals surface area contributed by atoms with Crippen LogP contribution in [0.15, 0.2) is 35.8 Å². The summed E-state index contributed by atoms with van der Waals surface area (Å²) < 4.78 is 17.1. The Balaban J connectivity index is 1.83. The fraction of sp³-hybridized carbons (Fsp3) is 0.333. The number of cyclic esters (lactones) is 2. The van der Waals surface area contributed by atoms with Crippen molar-refractivity contribution in [2.24, 2.45) is 0 Å². The number of hydrogen-bond acceptors (Lipinski definition) is 6. The normalized spacial score (nSPS) is 20.6. The molecule has 1 saturated heterocycles. The Morgan fingerprint density at radius 2 is 1.61 bits per heavy atom. The number of thiol groups is 1. The maximum absolute atomic E-state index is 12.1. The number of esters is 2. The van der Waals surface area contributed by atoms with Crippen molar-refractivity contribution in [3.8, 4) is 0 Å². The Morgan fingerprint density at radius 3 is 2.21 bits per heavy atom. The van der Waals surface area contributed by atoms with Gasteiger partial charge in [0.2, 0.25) is 0 Å². The van der Waals surface area contributed by atoms with Crippen molar-refractivity contribution in [3.63, 3.8) is 0 Å². The molecule has 0 N–H and O–H groups in total. The molecule has 5 nitrogen and oxygen atoms in total. The van der Waals surface area contributed by atoms with E-state index >= 15 is 0 Å². The molecule has 2 aromatic rings. The number of ether oxygens (including phenoxy) is 1. The van der Waals surface area contributed by atoms with E-state index in [9.17, 15) is 9.59 Å². The predicted molar refractivity (Wildman–Crippen MR) is 112 cm³/mol. The van der Waals surface area contributed by atoms with Gasteiger partial charge in [0, 0.05) is 11.1 Å². The lowest BCUT2D eigenvalue weighted by molar-refractivity contribution is 0.00578. The van der Waals surface area contributed by atoms with Gasteiger partial charge >= 0.3 is 19.1 Å². The lowest BCUT2D eigenvalue weighted by Gasteiger charge is -2.32. The minimum Gasteiger partial charge on any atom is -0.400 e. The Kier molecular flexibility index (Phi) is 4.45. The largest absolute Gasteiger partial charge is 0.491 e. The van der Waals surface area contributed by atoms with Crippen molar-refractivity contribution < 1.29 is 23.6 Å². The van der Waals surface area contributed by atoms with E-state index in [0.717, 1.165) is 16.4 Å². The van der Waals surface area contributed by atoms with E-state index in [1.165, 1.54) is 0 Å². The first-order valence-corrected chi connectivity index (χ1v) is 9.77. The number of carbonyl (C=O) groups is 2. The fourth-order valence-corrected chi connectivity index (χ4v) is 3.71. The molecule has 28 heavy (non-hydrogen) atoms. The van der Waals surface area contributed by atoms with Gasteiger partial charge in [0.1, 0.15) is 0 Å². The highest BCUT2D eigenvalue weighted by Crippen LogP contribution is 2.39. The minimum absolute atomic E-state index is 0.394. The molecule has 0 atom stereocenters. The molecular formula is C21H21BO5S. The highest BCUT2D eigenvalue weighted by atomic mass is 32.1. The maximum atomic E-state index is 12.1. The van der Waals surface area contributed by atoms with Gasteiger partial charge in [-0.05, 0) is 56.2 Å². The van der Waals surface area contributed by atoms with Gasteiger partial charge in [-0.1, -0.05) is 24.3 Å². The van der Waals surface area contributed by atoms with Crippen LogP contribution >= 0.6 is 12.6 Å². The first-order chi connectivity index (χ1) is 13.1. The molecule has 0 unspecified atom stereocenters. The lowest BCUT2D eigenvalue weighted by atomic mass is 9.77. The number of carbonyl (C=O) groups excluding carboxylic acids is 2. The zero-order chi connectivity index (χ0) is 20.3. The molecule has 2 aromatic carbocycles. The van der Waals surface area contributed by atoms with E-state index < -0.39 is 30.3 Å². The number of rotatable bonds is 3. The summed E-state index contributed by atoms with van der Waals surface area (Å²) >= 11 is 4.47. The molecule has 0 saturated carbocycles. The summed E-state index contributed by atoms with van der Waals surface area (Å²) in [5.74, 6) is -0.796. The van der Waals surface area contributed by atoms with E-state index in [1.807, 2.05) is 45.9 Å². The van der Waals surface area contributed by atoms with Crippen molar-refractivity contribution in [1.29, 1.82) is 0 Å². The van der Waals surface area contributed by atoms with Crippen LogP contribution in [0.25, 0.3) is 16.8 Å². The van der Waals surface area contributed by atoms with Gasteiger partial charge in [0.05, 0.1) is 22.3 Å². The van der Waals surface area contributed by atoms with Crippen LogP contribution in [0, 0.1) is 0 Å². The van der Waals surface area contributed by atoms with Crippen LogP contribution in [-0.2, 0) is 14.0 Å². The van der Waals surface area contributed by atoms with Gasteiger partial charge < -0.3 is 14.0 Å². The first-order valence-electron chi connectivity index (χ1n) is 9.14. The minimum atomic E-state index is -0.621. The highest BCUT2D eigenvalue weighted by Gasteiger charge is 2.52. The Hall–Kier alpha value is -2.09. The highest BCUT2D eigenvalue weighted by molar-refractivity contribution is 7.80. The van der Waals surface area contributed by atoms with Gasteiger partial charge in [-0.2, -0.15) is 12.6 Å². The number of hydrogen-bond donors (Lipinski definition) is 1. The molecule has 0 aromatic heterocycles. The summed E-state index contributed by atoms with van der Waals surface area (Å²) in [5, 5.41) is 1.42. The smallest absolute Gasteiger partial charge is 0.400 e. The van der Waals surface area contributed by atoms with Crippen molar-refractivity contribution in [2.45, 2.75) is 38.9 Å². The van der Waals surface area contributed by atoms with Crippen molar-refractivity contribution in [1.82, 2.24) is 0 Å². The summed E-state index contributed by atoms with van der Waals surface area (Å²) in [4.78, 5) is 24.2. The summed E-state index contributed by atoms with van der Waals surface area (Å²) in [6, 6.07) is 8.87. The van der Waals surface area contributed by atoms with E-state index in [2.05, 4.69) is 12.6 Å². The van der Waals surface area contributed by atoms with Gasteiger partial charge in [-0.15, -0.1) is 0 Å². The van der Waals surface area contributed by atoms with Gasteiger partial charge in [-0.3, -0.25) is 0 Å². The Morgan fingerprint density at radius 1 is 1.00 bits per heavy atom. The molecule has 0 amide bonds. The van der Waals surface area contributed by atoms with Crippen LogP contribution in [0.1, 0.15) is 54.0 Å². The summed E-state index contributed by atoms with van der Waals surface area (Å²) in [5.41, 5.74) is 1.62. The third-order valence-electron chi connectivity index (χ3n) is 5.78. The van der Waals surface area contributed by atoms with Crippen molar-refractivity contribution in [2.75, 3.05) is 5.75 Å². The Labute approximate surface area is 169 Å². The van der Waals surface area contributed by atoms with Gasteiger partial charge in [0.15, 0.2) is 0 Å². The summed E-state index contributed by atoms with van der Waals surface area (Å²) in [6.07, 6.45) is 1.96. The fourth-order valence-electron chi connectivity index (χ4n) is 3.47. The Bertz CT molecular complexity index is 1000. The molecule has 2 aliphatic rings. The molecule has 2 heterocycles. The topological polar surface area (TPSA) is 61.8 Å². The molecule has 0 spiro atoms. The van der Waals surface area contributed by atoms with Crippen LogP contribution < -0.4 is 0 Å². The monoisotopic (exact) mass is 396 g/mol. The second-order valence-corrected chi connectivity index (χ2v) is 8.39. The van der Waals surface area contributed by atoms with Crippen molar-refractivity contribution in [3.05, 3.63) is 52.5 Å². The van der Waals surface area contributed by atoms with E-state index in [0.29, 0.717) is 22.3 Å². The molecular weight excluding hydrogens is 375 g/mol. The molecule has 2 aliphatic heterocycles. The molecule has 4 rings (SSSR count). The maximum Gasteiger partial charge on any atom is 0.491 e. The lowest BCUT2D eigenvalue weighted by Crippen LogP contribution is -2.41. The SMILES string of the molecule is CC1(C)OB(C(=Cc2ccc3c4c(cccc24)C(=O)OC3=O)CS)OC1(C)C. The van der Waals surface area contributed by atoms with Crippen LogP contribution in [-0.4, -0.2) is 36.0 Å². The third kappa shape index (κ3) is 2.89.